The van der Waals surface area contributed by atoms with Crippen molar-refractivity contribution in [2.24, 2.45) is 5.41 Å². The van der Waals surface area contributed by atoms with Crippen LogP contribution in [0.4, 0.5) is 13.2 Å². The average molecular weight is 256 g/mol. The fourth-order valence-electron chi connectivity index (χ4n) is 1.40. The van der Waals surface area contributed by atoms with Crippen LogP contribution in [0.5, 0.6) is 0 Å². The Morgan fingerprint density at radius 3 is 1.94 bits per heavy atom. The predicted molar refractivity (Wildman–Crippen MR) is 64.9 cm³/mol. The fraction of sp³-hybridized carbons (Fsp3) is 0.357. The van der Waals surface area contributed by atoms with Crippen LogP contribution in [0.3, 0.4) is 0 Å². The molecule has 0 heterocycles. The summed E-state index contributed by atoms with van der Waals surface area (Å²) in [5.41, 5.74) is -1.81. The lowest BCUT2D eigenvalue weighted by molar-refractivity contribution is -0.134. The van der Waals surface area contributed by atoms with Crippen molar-refractivity contribution in [2.75, 3.05) is 0 Å². The molecule has 4 heteroatoms. The molecule has 0 saturated heterocycles. The zero-order valence-electron chi connectivity index (χ0n) is 10.5. The van der Waals surface area contributed by atoms with E-state index in [9.17, 15) is 18.0 Å². The lowest BCUT2D eigenvalue weighted by Gasteiger charge is -2.20. The van der Waals surface area contributed by atoms with Gasteiger partial charge in [0.05, 0.1) is 5.57 Å². The maximum atomic E-state index is 12.9. The Morgan fingerprint density at radius 1 is 1.06 bits per heavy atom. The molecule has 0 spiro atoms. The molecule has 98 valence electrons. The highest BCUT2D eigenvalue weighted by Gasteiger charge is 2.42. The van der Waals surface area contributed by atoms with Crippen molar-refractivity contribution in [3.8, 4) is 0 Å². The van der Waals surface area contributed by atoms with Crippen molar-refractivity contribution in [1.82, 2.24) is 0 Å². The number of halogens is 3. The van der Waals surface area contributed by atoms with E-state index in [2.05, 4.69) is 0 Å². The minimum atomic E-state index is -4.64. The van der Waals surface area contributed by atoms with Crippen LogP contribution in [0.1, 0.15) is 26.3 Å². The van der Waals surface area contributed by atoms with Gasteiger partial charge >= 0.3 is 6.18 Å². The van der Waals surface area contributed by atoms with Gasteiger partial charge in [-0.1, -0.05) is 51.1 Å². The van der Waals surface area contributed by atoms with Gasteiger partial charge in [0, 0.05) is 5.41 Å². The van der Waals surface area contributed by atoms with Crippen LogP contribution in [-0.4, -0.2) is 12.0 Å². The SMILES string of the molecule is CC(C)(C)C(=O)C(=Cc1ccccc1)C(F)(F)F. The Balaban J connectivity index is 3.25. The maximum absolute atomic E-state index is 12.9. The van der Waals surface area contributed by atoms with E-state index in [0.717, 1.165) is 6.08 Å². The summed E-state index contributed by atoms with van der Waals surface area (Å²) in [5, 5.41) is 0. The van der Waals surface area contributed by atoms with Crippen molar-refractivity contribution in [2.45, 2.75) is 26.9 Å². The summed E-state index contributed by atoms with van der Waals surface area (Å²) in [6, 6.07) is 8.02. The van der Waals surface area contributed by atoms with E-state index in [1.165, 1.54) is 32.9 Å². The summed E-state index contributed by atoms with van der Waals surface area (Å²) in [6.45, 7) is 4.42. The second-order valence-electron chi connectivity index (χ2n) is 5.05. The van der Waals surface area contributed by atoms with Gasteiger partial charge in [-0.2, -0.15) is 13.2 Å². The molecule has 0 amide bonds. The van der Waals surface area contributed by atoms with E-state index in [1.807, 2.05) is 0 Å². The molecular weight excluding hydrogens is 241 g/mol. The minimum absolute atomic E-state index is 0.363. The Bertz CT molecular complexity index is 450. The Hall–Kier alpha value is -1.58. The molecule has 0 radical (unpaired) electrons. The molecule has 0 bridgehead atoms. The minimum Gasteiger partial charge on any atom is -0.294 e. The molecule has 0 aromatic heterocycles. The Kier molecular flexibility index (Phi) is 3.99. The third-order valence-corrected chi connectivity index (χ3v) is 2.34. The smallest absolute Gasteiger partial charge is 0.294 e. The number of carbonyl (C=O) groups is 1. The number of rotatable bonds is 2. The van der Waals surface area contributed by atoms with E-state index in [1.54, 1.807) is 18.2 Å². The molecule has 0 atom stereocenters. The third-order valence-electron chi connectivity index (χ3n) is 2.34. The molecule has 1 rings (SSSR count). The van der Waals surface area contributed by atoms with Crippen LogP contribution in [0, 0.1) is 5.41 Å². The Labute approximate surface area is 104 Å². The number of carbonyl (C=O) groups excluding carboxylic acids is 1. The number of ketones is 1. The first-order valence-electron chi connectivity index (χ1n) is 5.51. The van der Waals surface area contributed by atoms with E-state index >= 15 is 0 Å². The molecule has 0 aliphatic rings. The predicted octanol–water partition coefficient (Wildman–Crippen LogP) is 4.25. The first-order chi connectivity index (χ1) is 8.12. The largest absolute Gasteiger partial charge is 0.419 e. The van der Waals surface area contributed by atoms with E-state index < -0.39 is 22.9 Å². The topological polar surface area (TPSA) is 17.1 Å². The van der Waals surface area contributed by atoms with Gasteiger partial charge < -0.3 is 0 Å². The van der Waals surface area contributed by atoms with Gasteiger partial charge in [0.2, 0.25) is 0 Å². The summed E-state index contributed by atoms with van der Waals surface area (Å²) in [7, 11) is 0. The van der Waals surface area contributed by atoms with Crippen LogP contribution < -0.4 is 0 Å². The molecular formula is C14H15F3O. The first kappa shape index (κ1) is 14.5. The highest BCUT2D eigenvalue weighted by molar-refractivity contribution is 6.03. The van der Waals surface area contributed by atoms with Gasteiger partial charge in [-0.25, -0.2) is 0 Å². The van der Waals surface area contributed by atoms with Crippen molar-refractivity contribution < 1.29 is 18.0 Å². The highest BCUT2D eigenvalue weighted by atomic mass is 19.4. The number of allylic oxidation sites excluding steroid dienone is 1. The Morgan fingerprint density at radius 2 is 1.56 bits per heavy atom. The molecule has 0 unspecified atom stereocenters. The summed E-state index contributed by atoms with van der Waals surface area (Å²) in [4.78, 5) is 11.8. The second-order valence-corrected chi connectivity index (χ2v) is 5.05. The fourth-order valence-corrected chi connectivity index (χ4v) is 1.40. The lowest BCUT2D eigenvalue weighted by Crippen LogP contribution is -2.29. The molecule has 1 aromatic rings. The zero-order chi connectivity index (χ0) is 14.0. The van der Waals surface area contributed by atoms with Crippen LogP contribution in [0.2, 0.25) is 0 Å². The standard InChI is InChI=1S/C14H15F3O/c1-13(2,3)12(18)11(14(15,16)17)9-10-7-5-4-6-8-10/h4-9H,1-3H3. The second kappa shape index (κ2) is 4.96. The maximum Gasteiger partial charge on any atom is 0.419 e. The van der Waals surface area contributed by atoms with E-state index in [-0.39, 0.29) is 0 Å². The van der Waals surface area contributed by atoms with Gasteiger partial charge in [-0.15, -0.1) is 0 Å². The van der Waals surface area contributed by atoms with E-state index in [4.69, 9.17) is 0 Å². The summed E-state index contributed by atoms with van der Waals surface area (Å²) in [5.74, 6) is -0.904. The van der Waals surface area contributed by atoms with Crippen LogP contribution in [-0.2, 0) is 4.79 Å². The normalized spacial score (nSPS) is 13.6. The number of alkyl halides is 3. The van der Waals surface area contributed by atoms with Gasteiger partial charge in [0.1, 0.15) is 0 Å². The highest BCUT2D eigenvalue weighted by Crippen LogP contribution is 2.33. The number of Topliss-reactive ketones (excluding diaryl/α,β-unsaturated/α-hetero) is 1. The van der Waals surface area contributed by atoms with Crippen LogP contribution in [0.15, 0.2) is 35.9 Å². The van der Waals surface area contributed by atoms with E-state index in [0.29, 0.717) is 5.56 Å². The third kappa shape index (κ3) is 3.72. The quantitative estimate of drug-likeness (QED) is 0.723. The van der Waals surface area contributed by atoms with Gasteiger partial charge in [0.25, 0.3) is 0 Å². The number of hydrogen-bond acceptors (Lipinski definition) is 1. The van der Waals surface area contributed by atoms with Gasteiger partial charge in [0.15, 0.2) is 5.78 Å². The number of benzene rings is 1. The van der Waals surface area contributed by atoms with Crippen molar-refractivity contribution in [3.63, 3.8) is 0 Å². The van der Waals surface area contributed by atoms with Gasteiger partial charge in [-0.05, 0) is 11.6 Å². The number of hydrogen-bond donors (Lipinski definition) is 0. The average Bonchev–Trinajstić information content (AvgIpc) is 2.23. The van der Waals surface area contributed by atoms with Crippen molar-refractivity contribution in [1.29, 1.82) is 0 Å². The molecule has 0 N–H and O–H groups in total. The van der Waals surface area contributed by atoms with Crippen LogP contribution >= 0.6 is 0 Å². The summed E-state index contributed by atoms with van der Waals surface area (Å²) < 4.78 is 38.7. The molecule has 0 aliphatic carbocycles. The molecule has 0 saturated carbocycles. The van der Waals surface area contributed by atoms with Crippen LogP contribution in [0.25, 0.3) is 6.08 Å². The monoisotopic (exact) mass is 256 g/mol. The molecule has 18 heavy (non-hydrogen) atoms. The summed E-state index contributed by atoms with van der Waals surface area (Å²) in [6.07, 6.45) is -3.74. The van der Waals surface area contributed by atoms with Crippen molar-refractivity contribution >= 4 is 11.9 Å². The van der Waals surface area contributed by atoms with Gasteiger partial charge in [-0.3, -0.25) is 4.79 Å². The molecule has 1 nitrogen and oxygen atoms in total. The van der Waals surface area contributed by atoms with Crippen molar-refractivity contribution in [3.05, 3.63) is 41.5 Å². The lowest BCUT2D eigenvalue weighted by atomic mass is 9.85. The summed E-state index contributed by atoms with van der Waals surface area (Å²) >= 11 is 0. The molecule has 0 aliphatic heterocycles. The molecule has 0 fully saturated rings. The first-order valence-corrected chi connectivity index (χ1v) is 5.51. The zero-order valence-corrected chi connectivity index (χ0v) is 10.5. The molecule has 1 aromatic carbocycles.